The third kappa shape index (κ3) is 4.58. The van der Waals surface area contributed by atoms with Crippen LogP contribution in [0.4, 0.5) is 4.79 Å². The average Bonchev–Trinajstić information content (AvgIpc) is 2.68. The summed E-state index contributed by atoms with van der Waals surface area (Å²) in [5.74, 6) is 1.02. The van der Waals surface area contributed by atoms with Gasteiger partial charge in [-0.1, -0.05) is 18.2 Å². The molecule has 7 nitrogen and oxygen atoms in total. The number of methoxy groups -OCH3 is 1. The molecule has 7 heteroatoms. The quantitative estimate of drug-likeness (QED) is 0.784. The van der Waals surface area contributed by atoms with Crippen molar-refractivity contribution in [1.82, 2.24) is 15.1 Å². The fourth-order valence-corrected chi connectivity index (χ4v) is 4.21. The second-order valence-corrected chi connectivity index (χ2v) is 7.93. The number of nitrogens with zero attached hydrogens (tertiary/aromatic N) is 2. The van der Waals surface area contributed by atoms with E-state index in [1.54, 1.807) is 26.1 Å². The number of rotatable bonds is 5. The Morgan fingerprint density at radius 2 is 2.00 bits per heavy atom. The number of piperidine rings is 1. The first-order chi connectivity index (χ1) is 13.4. The van der Waals surface area contributed by atoms with Gasteiger partial charge in [-0.2, -0.15) is 0 Å². The van der Waals surface area contributed by atoms with Crippen LogP contribution < -0.4 is 10.1 Å². The average molecular weight is 389 g/mol. The fourth-order valence-electron chi connectivity index (χ4n) is 4.21. The van der Waals surface area contributed by atoms with Gasteiger partial charge in [0.05, 0.1) is 6.61 Å². The maximum Gasteiger partial charge on any atom is 0.319 e. The Bertz CT molecular complexity index is 699. The van der Waals surface area contributed by atoms with Gasteiger partial charge in [0, 0.05) is 66.0 Å². The standard InChI is InChI=1S/C21H31N3O4/c1-23(2)20(26)24-11-8-21(9-12-24)15-16(14-19(25)22-10-13-27-3)17-6-4-5-7-18(17)28-21/h4-7,16H,8-15H2,1-3H3,(H,22,25)/t16-/m0/s1. The van der Waals surface area contributed by atoms with E-state index in [1.807, 2.05) is 23.1 Å². The molecule has 2 aliphatic heterocycles. The highest BCUT2D eigenvalue weighted by Gasteiger charge is 2.44. The van der Waals surface area contributed by atoms with Crippen LogP contribution in [0.1, 0.15) is 37.2 Å². The van der Waals surface area contributed by atoms with Gasteiger partial charge in [-0.05, 0) is 18.1 Å². The topological polar surface area (TPSA) is 71.1 Å². The molecule has 2 heterocycles. The van der Waals surface area contributed by atoms with Crippen LogP contribution in [-0.4, -0.2) is 74.8 Å². The Balaban J connectivity index is 1.70. The molecule has 1 aromatic rings. The zero-order valence-corrected chi connectivity index (χ0v) is 17.1. The van der Waals surface area contributed by atoms with E-state index in [-0.39, 0.29) is 23.5 Å². The van der Waals surface area contributed by atoms with Crippen molar-refractivity contribution in [3.63, 3.8) is 0 Å². The predicted molar refractivity (Wildman–Crippen MR) is 107 cm³/mol. The Kier molecular flexibility index (Phi) is 6.44. The first-order valence-corrected chi connectivity index (χ1v) is 9.94. The normalized spacial score (nSPS) is 20.2. The van der Waals surface area contributed by atoms with E-state index in [9.17, 15) is 9.59 Å². The fraction of sp³-hybridized carbons (Fsp3) is 0.619. The number of carbonyl (C=O) groups excluding carboxylic acids is 2. The van der Waals surface area contributed by atoms with Crippen molar-refractivity contribution >= 4 is 11.9 Å². The molecule has 0 saturated carbocycles. The summed E-state index contributed by atoms with van der Waals surface area (Å²) in [5, 5.41) is 2.92. The lowest BCUT2D eigenvalue weighted by molar-refractivity contribution is -0.122. The maximum atomic E-state index is 12.4. The molecule has 1 aromatic carbocycles. The molecule has 1 atom stereocenters. The first-order valence-electron chi connectivity index (χ1n) is 9.94. The van der Waals surface area contributed by atoms with Gasteiger partial charge in [0.2, 0.25) is 5.91 Å². The molecule has 0 aliphatic carbocycles. The number of amides is 3. The third-order valence-electron chi connectivity index (χ3n) is 5.69. The maximum absolute atomic E-state index is 12.4. The van der Waals surface area contributed by atoms with Gasteiger partial charge in [0.25, 0.3) is 0 Å². The molecular weight excluding hydrogens is 358 g/mol. The van der Waals surface area contributed by atoms with Crippen molar-refractivity contribution in [2.45, 2.75) is 37.2 Å². The van der Waals surface area contributed by atoms with Crippen molar-refractivity contribution in [3.05, 3.63) is 29.8 Å². The molecule has 0 bridgehead atoms. The van der Waals surface area contributed by atoms with Crippen LogP contribution in [0, 0.1) is 0 Å². The van der Waals surface area contributed by atoms with E-state index in [2.05, 4.69) is 11.4 Å². The largest absolute Gasteiger partial charge is 0.487 e. The van der Waals surface area contributed by atoms with Gasteiger partial charge < -0.3 is 24.6 Å². The van der Waals surface area contributed by atoms with Crippen LogP contribution in [0.15, 0.2) is 24.3 Å². The minimum absolute atomic E-state index is 0.0362. The van der Waals surface area contributed by atoms with Crippen LogP contribution in [0.3, 0.4) is 0 Å². The zero-order valence-electron chi connectivity index (χ0n) is 17.1. The minimum atomic E-state index is -0.311. The first kappa shape index (κ1) is 20.5. The molecule has 1 spiro atoms. The Morgan fingerprint density at radius 1 is 1.29 bits per heavy atom. The number of para-hydroxylation sites is 1. The Labute approximate surface area is 167 Å². The molecule has 3 rings (SSSR count). The summed E-state index contributed by atoms with van der Waals surface area (Å²) in [6.45, 7) is 2.38. The summed E-state index contributed by atoms with van der Waals surface area (Å²) in [7, 11) is 5.18. The molecule has 1 N–H and O–H groups in total. The van der Waals surface area contributed by atoms with Crippen LogP contribution in [0.2, 0.25) is 0 Å². The number of hydrogen-bond donors (Lipinski definition) is 1. The molecule has 28 heavy (non-hydrogen) atoms. The molecule has 154 valence electrons. The summed E-state index contributed by atoms with van der Waals surface area (Å²) in [5.41, 5.74) is 0.788. The number of urea groups is 1. The second kappa shape index (κ2) is 8.82. The number of nitrogens with one attached hydrogen (secondary N) is 1. The summed E-state index contributed by atoms with van der Waals surface area (Å²) >= 11 is 0. The van der Waals surface area contributed by atoms with E-state index in [0.29, 0.717) is 32.7 Å². The van der Waals surface area contributed by atoms with E-state index in [4.69, 9.17) is 9.47 Å². The summed E-state index contributed by atoms with van der Waals surface area (Å²) in [4.78, 5) is 28.2. The SMILES string of the molecule is COCCNC(=O)C[C@H]1CC2(CCN(C(=O)N(C)C)CC2)Oc2ccccc21. The van der Waals surface area contributed by atoms with Crippen molar-refractivity contribution in [1.29, 1.82) is 0 Å². The predicted octanol–water partition coefficient (Wildman–Crippen LogP) is 2.22. The van der Waals surface area contributed by atoms with Crippen molar-refractivity contribution in [2.75, 3.05) is 47.4 Å². The molecule has 0 unspecified atom stereocenters. The molecule has 0 aromatic heterocycles. The summed E-state index contributed by atoms with van der Waals surface area (Å²) in [6, 6.07) is 8.05. The number of benzene rings is 1. The summed E-state index contributed by atoms with van der Waals surface area (Å²) < 4.78 is 11.5. The van der Waals surface area contributed by atoms with Gasteiger partial charge in [-0.25, -0.2) is 4.79 Å². The number of hydrogen-bond acceptors (Lipinski definition) is 4. The molecule has 3 amide bonds. The lowest BCUT2D eigenvalue weighted by atomic mass is 9.76. The van der Waals surface area contributed by atoms with E-state index >= 15 is 0 Å². The second-order valence-electron chi connectivity index (χ2n) is 7.93. The Hall–Kier alpha value is -2.28. The van der Waals surface area contributed by atoms with E-state index in [0.717, 1.165) is 30.6 Å². The van der Waals surface area contributed by atoms with Gasteiger partial charge in [0.1, 0.15) is 11.4 Å². The van der Waals surface area contributed by atoms with E-state index < -0.39 is 0 Å². The lowest BCUT2D eigenvalue weighted by Gasteiger charge is -2.47. The van der Waals surface area contributed by atoms with Gasteiger partial charge >= 0.3 is 6.03 Å². The smallest absolute Gasteiger partial charge is 0.319 e. The summed E-state index contributed by atoms with van der Waals surface area (Å²) in [6.07, 6.45) is 2.79. The number of ether oxygens (including phenoxy) is 2. The van der Waals surface area contributed by atoms with Gasteiger partial charge in [-0.15, -0.1) is 0 Å². The molecule has 0 radical (unpaired) electrons. The number of fused-ring (bicyclic) bond motifs is 1. The highest BCUT2D eigenvalue weighted by molar-refractivity contribution is 5.77. The monoisotopic (exact) mass is 389 g/mol. The third-order valence-corrected chi connectivity index (χ3v) is 5.69. The van der Waals surface area contributed by atoms with Crippen molar-refractivity contribution in [3.8, 4) is 5.75 Å². The van der Waals surface area contributed by atoms with Crippen LogP contribution >= 0.6 is 0 Å². The minimum Gasteiger partial charge on any atom is -0.487 e. The molecule has 1 saturated heterocycles. The number of carbonyl (C=O) groups is 2. The van der Waals surface area contributed by atoms with Crippen molar-refractivity contribution < 1.29 is 19.1 Å². The van der Waals surface area contributed by atoms with Crippen LogP contribution in [-0.2, 0) is 9.53 Å². The van der Waals surface area contributed by atoms with Crippen LogP contribution in [0.5, 0.6) is 5.75 Å². The van der Waals surface area contributed by atoms with Gasteiger partial charge in [0.15, 0.2) is 0 Å². The van der Waals surface area contributed by atoms with Crippen molar-refractivity contribution in [2.24, 2.45) is 0 Å². The molecule has 2 aliphatic rings. The molecule has 1 fully saturated rings. The highest BCUT2D eigenvalue weighted by atomic mass is 16.5. The Morgan fingerprint density at radius 3 is 2.68 bits per heavy atom. The van der Waals surface area contributed by atoms with E-state index in [1.165, 1.54) is 0 Å². The lowest BCUT2D eigenvalue weighted by Crippen LogP contribution is -2.53. The van der Waals surface area contributed by atoms with Crippen LogP contribution in [0.25, 0.3) is 0 Å². The zero-order chi connectivity index (χ0) is 20.1. The highest BCUT2D eigenvalue weighted by Crippen LogP contribution is 2.46. The van der Waals surface area contributed by atoms with Gasteiger partial charge in [-0.3, -0.25) is 4.79 Å². The molecular formula is C21H31N3O4. The number of likely N-dealkylation sites (tertiary alicyclic amines) is 1.